The number of aryl methyl sites for hydroxylation is 2. The molecule has 2 aromatic rings. The third-order valence-electron chi connectivity index (χ3n) is 7.09. The van der Waals surface area contributed by atoms with Crippen LogP contribution in [0.1, 0.15) is 89.1 Å². The summed E-state index contributed by atoms with van der Waals surface area (Å²) in [4.78, 5) is 54.5. The number of primary amides is 1. The number of alkyl carbamates (subject to hydrolysis) is 1. The van der Waals surface area contributed by atoms with Crippen molar-refractivity contribution in [2.24, 2.45) is 5.73 Å². The first-order chi connectivity index (χ1) is 19.1. The number of rotatable bonds is 12. The number of carbonyl (C=O) groups is 4. The second-order valence-corrected chi connectivity index (χ2v) is 12.0. The predicted molar refractivity (Wildman–Crippen MR) is 160 cm³/mol. The number of amides is 4. The highest BCUT2D eigenvalue weighted by Crippen LogP contribution is 2.33. The molecule has 4 amide bonds. The molecule has 0 aromatic heterocycles. The van der Waals surface area contributed by atoms with Crippen LogP contribution in [0, 0.1) is 13.8 Å². The van der Waals surface area contributed by atoms with Crippen molar-refractivity contribution in [2.45, 2.75) is 104 Å². The van der Waals surface area contributed by atoms with Crippen LogP contribution in [0.4, 0.5) is 4.79 Å². The van der Waals surface area contributed by atoms with Crippen molar-refractivity contribution in [3.8, 4) is 0 Å². The van der Waals surface area contributed by atoms with Crippen molar-refractivity contribution in [1.82, 2.24) is 15.5 Å². The fourth-order valence-corrected chi connectivity index (χ4v) is 4.34. The largest absolute Gasteiger partial charge is 0.444 e. The predicted octanol–water partition coefficient (Wildman–Crippen LogP) is 4.84. The highest BCUT2D eigenvalue weighted by molar-refractivity contribution is 5.93. The highest BCUT2D eigenvalue weighted by Gasteiger charge is 2.43. The van der Waals surface area contributed by atoms with E-state index in [0.29, 0.717) is 12.0 Å². The van der Waals surface area contributed by atoms with Crippen LogP contribution in [0.25, 0.3) is 0 Å². The van der Waals surface area contributed by atoms with Crippen LogP contribution >= 0.6 is 0 Å². The maximum atomic E-state index is 14.4. The van der Waals surface area contributed by atoms with Gasteiger partial charge in [0.05, 0.1) is 0 Å². The minimum atomic E-state index is -1.15. The van der Waals surface area contributed by atoms with E-state index in [-0.39, 0.29) is 25.3 Å². The molecule has 0 saturated heterocycles. The van der Waals surface area contributed by atoms with Crippen molar-refractivity contribution in [3.63, 3.8) is 0 Å². The summed E-state index contributed by atoms with van der Waals surface area (Å²) in [6, 6.07) is 13.0. The summed E-state index contributed by atoms with van der Waals surface area (Å²) in [6.45, 7) is 15.0. The zero-order chi connectivity index (χ0) is 31.0. The van der Waals surface area contributed by atoms with Crippen molar-refractivity contribution >= 4 is 23.8 Å². The molecule has 224 valence electrons. The van der Waals surface area contributed by atoms with Crippen molar-refractivity contribution in [3.05, 3.63) is 70.8 Å². The van der Waals surface area contributed by atoms with E-state index < -0.39 is 41.1 Å². The average molecular weight is 567 g/mol. The lowest BCUT2D eigenvalue weighted by molar-refractivity contribution is -0.149. The number of nitrogens with one attached hydrogen (secondary N) is 2. The van der Waals surface area contributed by atoms with Gasteiger partial charge in [-0.05, 0) is 83.6 Å². The van der Waals surface area contributed by atoms with Crippen LogP contribution in [-0.2, 0) is 25.7 Å². The first-order valence-electron chi connectivity index (χ1n) is 14.1. The molecule has 9 nitrogen and oxygen atoms in total. The highest BCUT2D eigenvalue weighted by atomic mass is 16.6. The van der Waals surface area contributed by atoms with Gasteiger partial charge in [0.25, 0.3) is 0 Å². The molecular formula is C32H46N4O5. The minimum Gasteiger partial charge on any atom is -0.444 e. The van der Waals surface area contributed by atoms with Gasteiger partial charge in [-0.2, -0.15) is 0 Å². The Morgan fingerprint density at radius 3 is 2.12 bits per heavy atom. The van der Waals surface area contributed by atoms with Crippen molar-refractivity contribution in [1.29, 1.82) is 0 Å². The fraction of sp³-hybridized carbons (Fsp3) is 0.500. The van der Waals surface area contributed by atoms with E-state index in [1.54, 1.807) is 20.8 Å². The molecule has 2 unspecified atom stereocenters. The quantitative estimate of drug-likeness (QED) is 0.339. The number of carbonyl (C=O) groups excluding carboxylic acids is 4. The van der Waals surface area contributed by atoms with E-state index in [1.165, 1.54) is 4.90 Å². The SMILES string of the molecule is CCC(C)(C)N(C(=O)C(CCC(N)=O)NC(=O)OC(C)(C)C)C(C(=O)NCc1ccccc1)c1ccc(C)c(C)c1. The normalized spacial score (nSPS) is 13.1. The Labute approximate surface area is 244 Å². The second kappa shape index (κ2) is 14.1. The first kappa shape index (κ1) is 33.3. The topological polar surface area (TPSA) is 131 Å². The first-order valence-corrected chi connectivity index (χ1v) is 14.1. The lowest BCUT2D eigenvalue weighted by Crippen LogP contribution is -2.59. The van der Waals surface area contributed by atoms with E-state index in [0.717, 1.165) is 16.7 Å². The van der Waals surface area contributed by atoms with Crippen molar-refractivity contribution in [2.75, 3.05) is 0 Å². The van der Waals surface area contributed by atoms with Crippen molar-refractivity contribution < 1.29 is 23.9 Å². The summed E-state index contributed by atoms with van der Waals surface area (Å²) < 4.78 is 5.41. The molecule has 0 fully saturated rings. The summed E-state index contributed by atoms with van der Waals surface area (Å²) in [5.74, 6) is -1.48. The molecule has 0 aliphatic carbocycles. The molecule has 9 heteroatoms. The van der Waals surface area contributed by atoms with E-state index in [4.69, 9.17) is 10.5 Å². The molecule has 2 aromatic carbocycles. The molecule has 0 radical (unpaired) electrons. The van der Waals surface area contributed by atoms with Gasteiger partial charge < -0.3 is 26.0 Å². The standard InChI is InChI=1S/C32H46N4O5/c1-9-32(7,8)36(29(39)25(17-18-26(33)37)35-30(40)41-31(4,5)6)27(24-16-15-21(2)22(3)19-24)28(38)34-20-23-13-11-10-12-14-23/h10-16,19,25,27H,9,17-18,20H2,1-8H3,(H2,33,37)(H,34,38)(H,35,40). The summed E-state index contributed by atoms with van der Waals surface area (Å²) in [5.41, 5.74) is 7.38. The molecule has 41 heavy (non-hydrogen) atoms. The number of benzene rings is 2. The number of ether oxygens (including phenoxy) is 1. The summed E-state index contributed by atoms with van der Waals surface area (Å²) in [6.07, 6.45) is -0.470. The third-order valence-corrected chi connectivity index (χ3v) is 7.09. The summed E-state index contributed by atoms with van der Waals surface area (Å²) in [5, 5.41) is 5.64. The van der Waals surface area contributed by atoms with Gasteiger partial charge in [0.15, 0.2) is 0 Å². The zero-order valence-electron chi connectivity index (χ0n) is 25.7. The smallest absolute Gasteiger partial charge is 0.408 e. The Kier molecular flexibility index (Phi) is 11.5. The molecule has 0 aliphatic rings. The molecule has 0 aliphatic heterocycles. The number of hydrogen-bond donors (Lipinski definition) is 3. The van der Waals surface area contributed by atoms with Gasteiger partial charge in [-0.3, -0.25) is 14.4 Å². The zero-order valence-corrected chi connectivity index (χ0v) is 25.7. The maximum absolute atomic E-state index is 14.4. The molecule has 4 N–H and O–H groups in total. The number of nitrogens with zero attached hydrogens (tertiary/aromatic N) is 1. The molecule has 0 saturated carbocycles. The Bertz CT molecular complexity index is 1220. The Morgan fingerprint density at radius 2 is 1.59 bits per heavy atom. The average Bonchev–Trinajstić information content (AvgIpc) is 2.88. The second-order valence-electron chi connectivity index (χ2n) is 12.0. The number of hydrogen-bond acceptors (Lipinski definition) is 5. The molecule has 0 bridgehead atoms. The van der Waals surface area contributed by atoms with E-state index in [2.05, 4.69) is 10.6 Å². The molecular weight excluding hydrogens is 520 g/mol. The van der Waals surface area contributed by atoms with E-state index >= 15 is 0 Å². The van der Waals surface area contributed by atoms with E-state index in [9.17, 15) is 19.2 Å². The van der Waals surface area contributed by atoms with Crippen LogP contribution in [0.3, 0.4) is 0 Å². The molecule has 2 atom stereocenters. The Hall–Kier alpha value is -3.88. The van der Waals surface area contributed by atoms with Gasteiger partial charge in [0.2, 0.25) is 17.7 Å². The van der Waals surface area contributed by atoms with Crippen LogP contribution in [0.15, 0.2) is 48.5 Å². The number of nitrogens with two attached hydrogens (primary N) is 1. The van der Waals surface area contributed by atoms with Crippen LogP contribution in [-0.4, -0.2) is 45.9 Å². The van der Waals surface area contributed by atoms with Gasteiger partial charge in [-0.1, -0.05) is 55.5 Å². The van der Waals surface area contributed by atoms with Gasteiger partial charge in [0, 0.05) is 18.5 Å². The fourth-order valence-electron chi connectivity index (χ4n) is 4.34. The van der Waals surface area contributed by atoms with Crippen LogP contribution < -0.4 is 16.4 Å². The van der Waals surface area contributed by atoms with Gasteiger partial charge in [-0.15, -0.1) is 0 Å². The van der Waals surface area contributed by atoms with Gasteiger partial charge >= 0.3 is 6.09 Å². The molecule has 0 heterocycles. The third kappa shape index (κ3) is 9.92. The molecule has 2 rings (SSSR count). The van der Waals surface area contributed by atoms with Crippen LogP contribution in [0.2, 0.25) is 0 Å². The minimum absolute atomic E-state index is 0.0466. The maximum Gasteiger partial charge on any atom is 0.408 e. The Morgan fingerprint density at radius 1 is 0.951 bits per heavy atom. The van der Waals surface area contributed by atoms with E-state index in [1.807, 2.05) is 83.1 Å². The lowest BCUT2D eigenvalue weighted by atomic mass is 9.90. The lowest BCUT2D eigenvalue weighted by Gasteiger charge is -2.44. The summed E-state index contributed by atoms with van der Waals surface area (Å²) >= 11 is 0. The Balaban J connectivity index is 2.61. The summed E-state index contributed by atoms with van der Waals surface area (Å²) in [7, 11) is 0. The van der Waals surface area contributed by atoms with Crippen LogP contribution in [0.5, 0.6) is 0 Å². The molecule has 0 spiro atoms. The monoisotopic (exact) mass is 566 g/mol. The van der Waals surface area contributed by atoms with Gasteiger partial charge in [0.1, 0.15) is 17.7 Å². The van der Waals surface area contributed by atoms with Gasteiger partial charge in [-0.25, -0.2) is 4.79 Å².